The number of pyridine rings is 1. The Labute approximate surface area is 150 Å². The fourth-order valence-electron chi connectivity index (χ4n) is 3.35. The lowest BCUT2D eigenvalue weighted by Gasteiger charge is -2.16. The van der Waals surface area contributed by atoms with Gasteiger partial charge in [-0.2, -0.15) is 0 Å². The number of thiazole rings is 1. The average Bonchev–Trinajstić information content (AvgIpc) is 3.24. The molecule has 1 amide bonds. The number of aryl methyl sites for hydroxylation is 1. The van der Waals surface area contributed by atoms with Crippen LogP contribution in [0.5, 0.6) is 0 Å². The summed E-state index contributed by atoms with van der Waals surface area (Å²) in [6.07, 6.45) is 4.49. The molecule has 1 atom stereocenters. The SMILES string of the molecule is Cc1ncsc1CN1CCC(NC(=O)c2cccc3ccncc23)C1. The van der Waals surface area contributed by atoms with E-state index in [9.17, 15) is 4.79 Å². The summed E-state index contributed by atoms with van der Waals surface area (Å²) in [4.78, 5) is 24.9. The van der Waals surface area contributed by atoms with Crippen LogP contribution in [0.1, 0.15) is 27.3 Å². The van der Waals surface area contributed by atoms with Crippen molar-refractivity contribution in [3.8, 4) is 0 Å². The van der Waals surface area contributed by atoms with E-state index in [4.69, 9.17) is 0 Å². The highest BCUT2D eigenvalue weighted by Gasteiger charge is 2.25. The van der Waals surface area contributed by atoms with Crippen LogP contribution in [0.2, 0.25) is 0 Å². The highest BCUT2D eigenvalue weighted by atomic mass is 32.1. The van der Waals surface area contributed by atoms with Gasteiger partial charge in [-0.25, -0.2) is 4.98 Å². The standard InChI is InChI=1S/C19H20N4OS/c1-13-18(25-12-21-13)11-23-8-6-15(10-23)22-19(24)16-4-2-3-14-5-7-20-9-17(14)16/h2-5,7,9,12,15H,6,8,10-11H2,1H3,(H,22,24). The summed E-state index contributed by atoms with van der Waals surface area (Å²) in [7, 11) is 0. The third-order valence-corrected chi connectivity index (χ3v) is 5.67. The zero-order valence-corrected chi connectivity index (χ0v) is 14.9. The molecule has 1 saturated heterocycles. The van der Waals surface area contributed by atoms with Gasteiger partial charge >= 0.3 is 0 Å². The summed E-state index contributed by atoms with van der Waals surface area (Å²) >= 11 is 1.70. The minimum absolute atomic E-state index is 0.0144. The normalized spacial score (nSPS) is 17.9. The number of carbonyl (C=O) groups excluding carboxylic acids is 1. The maximum absolute atomic E-state index is 12.7. The van der Waals surface area contributed by atoms with Crippen molar-refractivity contribution in [2.75, 3.05) is 13.1 Å². The summed E-state index contributed by atoms with van der Waals surface area (Å²) in [6.45, 7) is 4.85. The number of aromatic nitrogens is 2. The molecule has 1 aliphatic rings. The highest BCUT2D eigenvalue weighted by molar-refractivity contribution is 7.09. The highest BCUT2D eigenvalue weighted by Crippen LogP contribution is 2.20. The molecule has 1 unspecified atom stereocenters. The van der Waals surface area contributed by atoms with Crippen molar-refractivity contribution in [3.63, 3.8) is 0 Å². The predicted octanol–water partition coefficient (Wildman–Crippen LogP) is 3.00. The van der Waals surface area contributed by atoms with Crippen molar-refractivity contribution in [2.24, 2.45) is 0 Å². The quantitative estimate of drug-likeness (QED) is 0.784. The van der Waals surface area contributed by atoms with Gasteiger partial charge in [-0.3, -0.25) is 14.7 Å². The zero-order valence-electron chi connectivity index (χ0n) is 14.1. The van der Waals surface area contributed by atoms with Crippen molar-refractivity contribution in [1.29, 1.82) is 0 Å². The fraction of sp³-hybridized carbons (Fsp3) is 0.316. The Kier molecular flexibility index (Phi) is 4.46. The van der Waals surface area contributed by atoms with E-state index in [1.54, 1.807) is 23.7 Å². The van der Waals surface area contributed by atoms with E-state index in [-0.39, 0.29) is 11.9 Å². The molecule has 0 saturated carbocycles. The van der Waals surface area contributed by atoms with Crippen molar-refractivity contribution < 1.29 is 4.79 Å². The van der Waals surface area contributed by atoms with E-state index in [1.165, 1.54) is 4.88 Å². The number of hydrogen-bond acceptors (Lipinski definition) is 5. The molecule has 6 heteroatoms. The van der Waals surface area contributed by atoms with Gasteiger partial charge in [0.05, 0.1) is 11.2 Å². The second kappa shape index (κ2) is 6.90. The number of fused-ring (bicyclic) bond motifs is 1. The molecule has 25 heavy (non-hydrogen) atoms. The third-order valence-electron chi connectivity index (χ3n) is 4.75. The molecule has 0 spiro atoms. The molecule has 5 nitrogen and oxygen atoms in total. The largest absolute Gasteiger partial charge is 0.348 e. The van der Waals surface area contributed by atoms with Gasteiger partial charge < -0.3 is 5.32 Å². The molecule has 3 aromatic rings. The van der Waals surface area contributed by atoms with Gasteiger partial charge in [0.2, 0.25) is 0 Å². The van der Waals surface area contributed by atoms with E-state index in [1.807, 2.05) is 29.8 Å². The van der Waals surface area contributed by atoms with Crippen LogP contribution in [0.15, 0.2) is 42.2 Å². The maximum atomic E-state index is 12.7. The topological polar surface area (TPSA) is 58.1 Å². The average molecular weight is 352 g/mol. The van der Waals surface area contributed by atoms with Crippen LogP contribution in [-0.2, 0) is 6.54 Å². The first-order chi connectivity index (χ1) is 12.2. The number of likely N-dealkylation sites (tertiary alicyclic amines) is 1. The van der Waals surface area contributed by atoms with Gasteiger partial charge in [0.25, 0.3) is 5.91 Å². The lowest BCUT2D eigenvalue weighted by Crippen LogP contribution is -2.37. The van der Waals surface area contributed by atoms with E-state index in [0.717, 1.165) is 42.5 Å². The Balaban J connectivity index is 1.42. The molecule has 128 valence electrons. The number of nitrogens with one attached hydrogen (secondary N) is 1. The molecule has 0 bridgehead atoms. The summed E-state index contributed by atoms with van der Waals surface area (Å²) in [5.41, 5.74) is 3.71. The first kappa shape index (κ1) is 16.2. The second-order valence-corrected chi connectivity index (χ2v) is 7.40. The van der Waals surface area contributed by atoms with Crippen LogP contribution >= 0.6 is 11.3 Å². The van der Waals surface area contributed by atoms with Crippen molar-refractivity contribution in [1.82, 2.24) is 20.2 Å². The van der Waals surface area contributed by atoms with Crippen LogP contribution in [0.4, 0.5) is 0 Å². The molecule has 0 radical (unpaired) electrons. The first-order valence-corrected chi connectivity index (χ1v) is 9.33. The molecule has 1 fully saturated rings. The smallest absolute Gasteiger partial charge is 0.252 e. The summed E-state index contributed by atoms with van der Waals surface area (Å²) < 4.78 is 0. The van der Waals surface area contributed by atoms with Crippen LogP contribution < -0.4 is 5.32 Å². The lowest BCUT2D eigenvalue weighted by molar-refractivity contribution is 0.0939. The third kappa shape index (κ3) is 3.41. The van der Waals surface area contributed by atoms with Crippen LogP contribution in [0.3, 0.4) is 0 Å². The Hall–Kier alpha value is -2.31. The number of amides is 1. The molecule has 0 aliphatic carbocycles. The number of rotatable bonds is 4. The molecule has 4 rings (SSSR count). The van der Waals surface area contributed by atoms with Gasteiger partial charge in [0.15, 0.2) is 0 Å². The monoisotopic (exact) mass is 352 g/mol. The number of benzene rings is 1. The molecular formula is C19H20N4OS. The minimum Gasteiger partial charge on any atom is -0.348 e. The molecule has 1 aromatic carbocycles. The summed E-state index contributed by atoms with van der Waals surface area (Å²) in [6, 6.07) is 7.91. The van der Waals surface area contributed by atoms with E-state index in [2.05, 4.69) is 27.1 Å². The fourth-order valence-corrected chi connectivity index (χ4v) is 4.17. The minimum atomic E-state index is -0.0144. The maximum Gasteiger partial charge on any atom is 0.252 e. The summed E-state index contributed by atoms with van der Waals surface area (Å²) in [5, 5.41) is 5.13. The second-order valence-electron chi connectivity index (χ2n) is 6.46. The Bertz CT molecular complexity index is 902. The number of hydrogen-bond donors (Lipinski definition) is 1. The number of carbonyl (C=O) groups is 1. The lowest BCUT2D eigenvalue weighted by atomic mass is 10.1. The Morgan fingerprint density at radius 1 is 1.40 bits per heavy atom. The molecule has 2 aromatic heterocycles. The van der Waals surface area contributed by atoms with E-state index < -0.39 is 0 Å². The van der Waals surface area contributed by atoms with Crippen molar-refractivity contribution >= 4 is 28.0 Å². The van der Waals surface area contributed by atoms with Gasteiger partial charge in [-0.05, 0) is 30.9 Å². The summed E-state index contributed by atoms with van der Waals surface area (Å²) in [5.74, 6) is -0.0144. The van der Waals surface area contributed by atoms with Crippen LogP contribution in [-0.4, -0.2) is 39.9 Å². The van der Waals surface area contributed by atoms with E-state index >= 15 is 0 Å². The molecular weight excluding hydrogens is 332 g/mol. The molecule has 3 heterocycles. The zero-order chi connectivity index (χ0) is 17.2. The van der Waals surface area contributed by atoms with Gasteiger partial charge in [-0.15, -0.1) is 11.3 Å². The van der Waals surface area contributed by atoms with Crippen LogP contribution in [0, 0.1) is 6.92 Å². The first-order valence-electron chi connectivity index (χ1n) is 8.45. The Morgan fingerprint density at radius 3 is 3.16 bits per heavy atom. The molecule has 1 aliphatic heterocycles. The van der Waals surface area contributed by atoms with Gasteiger partial charge in [0.1, 0.15) is 0 Å². The molecule has 1 N–H and O–H groups in total. The van der Waals surface area contributed by atoms with Gasteiger partial charge in [0, 0.05) is 53.9 Å². The van der Waals surface area contributed by atoms with Gasteiger partial charge in [-0.1, -0.05) is 12.1 Å². The predicted molar refractivity (Wildman–Crippen MR) is 99.7 cm³/mol. The number of nitrogens with zero attached hydrogens (tertiary/aromatic N) is 3. The van der Waals surface area contributed by atoms with Crippen molar-refractivity contribution in [3.05, 3.63) is 58.3 Å². The Morgan fingerprint density at radius 2 is 2.32 bits per heavy atom. The van der Waals surface area contributed by atoms with Crippen LogP contribution in [0.25, 0.3) is 10.8 Å². The van der Waals surface area contributed by atoms with E-state index in [0.29, 0.717) is 5.56 Å². The van der Waals surface area contributed by atoms with Crippen molar-refractivity contribution in [2.45, 2.75) is 25.9 Å².